The number of rotatable bonds is 5. The molecule has 0 bridgehead atoms. The van der Waals surface area contributed by atoms with Crippen LogP contribution in [0.4, 0.5) is 0 Å². The lowest BCUT2D eigenvalue weighted by molar-refractivity contribution is -0.858. The predicted molar refractivity (Wildman–Crippen MR) is 64.1 cm³/mol. The zero-order valence-corrected chi connectivity index (χ0v) is 9.77. The Labute approximate surface area is 96.3 Å². The Kier molecular flexibility index (Phi) is 5.29. The second kappa shape index (κ2) is 6.80. The number of carbonyl (C=O) groups excluding carboxylic acids is 1. The van der Waals surface area contributed by atoms with E-state index in [0.717, 1.165) is 12.1 Å². The van der Waals surface area contributed by atoms with Gasteiger partial charge in [0.15, 0.2) is 0 Å². The Bertz CT molecular complexity index is 344. The molecule has 0 fully saturated rings. The number of nitrogens with one attached hydrogen (secondary N) is 1. The lowest BCUT2D eigenvalue weighted by atomic mass is 10.2. The molecule has 0 spiro atoms. The van der Waals surface area contributed by atoms with Gasteiger partial charge in [-0.2, -0.15) is 0 Å². The van der Waals surface area contributed by atoms with Crippen LogP contribution in [0.3, 0.4) is 0 Å². The zero-order valence-electron chi connectivity index (χ0n) is 9.77. The molecule has 0 saturated heterocycles. The summed E-state index contributed by atoms with van der Waals surface area (Å²) < 4.78 is 5.03. The van der Waals surface area contributed by atoms with Crippen LogP contribution in [0.2, 0.25) is 0 Å². The van der Waals surface area contributed by atoms with E-state index >= 15 is 0 Å². The molecule has 0 aliphatic rings. The molecular weight excluding hydrogens is 202 g/mol. The molecule has 0 aliphatic heterocycles. The van der Waals surface area contributed by atoms with Crippen LogP contribution in [0.5, 0.6) is 0 Å². The molecule has 0 aliphatic carbocycles. The minimum atomic E-state index is -0.287. The summed E-state index contributed by atoms with van der Waals surface area (Å²) in [5.74, 6) is -0.287. The molecule has 1 aromatic rings. The van der Waals surface area contributed by atoms with Crippen molar-refractivity contribution >= 4 is 12.0 Å². The molecular formula is C13H18NO2+. The van der Waals surface area contributed by atoms with Crippen molar-refractivity contribution < 1.29 is 14.4 Å². The van der Waals surface area contributed by atoms with E-state index in [9.17, 15) is 4.79 Å². The van der Waals surface area contributed by atoms with Gasteiger partial charge < -0.3 is 9.64 Å². The van der Waals surface area contributed by atoms with Crippen molar-refractivity contribution in [1.82, 2.24) is 0 Å². The van der Waals surface area contributed by atoms with E-state index in [2.05, 4.69) is 0 Å². The molecule has 16 heavy (non-hydrogen) atoms. The van der Waals surface area contributed by atoms with Crippen LogP contribution in [-0.2, 0) is 9.53 Å². The third-order valence-corrected chi connectivity index (χ3v) is 2.06. The molecule has 0 saturated carbocycles. The maximum absolute atomic E-state index is 11.3. The van der Waals surface area contributed by atoms with Gasteiger partial charge in [-0.05, 0) is 11.6 Å². The predicted octanol–water partition coefficient (Wildman–Crippen LogP) is 0.388. The monoisotopic (exact) mass is 220 g/mol. The fraction of sp³-hybridized carbons (Fsp3) is 0.308. The van der Waals surface area contributed by atoms with Gasteiger partial charge in [-0.3, -0.25) is 0 Å². The highest BCUT2D eigenvalue weighted by molar-refractivity contribution is 5.86. The highest BCUT2D eigenvalue weighted by Crippen LogP contribution is 2.00. The number of quaternary nitrogens is 1. The third kappa shape index (κ3) is 5.32. The summed E-state index contributed by atoms with van der Waals surface area (Å²) in [4.78, 5) is 12.5. The van der Waals surface area contributed by atoms with Gasteiger partial charge >= 0.3 is 5.97 Å². The SMILES string of the molecule is C[NH+](C)CCOC(=O)/C=C/c1ccccc1. The van der Waals surface area contributed by atoms with Gasteiger partial charge in [0, 0.05) is 6.08 Å². The van der Waals surface area contributed by atoms with Crippen molar-refractivity contribution in [3.05, 3.63) is 42.0 Å². The minimum absolute atomic E-state index is 0.287. The maximum Gasteiger partial charge on any atom is 0.330 e. The fourth-order valence-electron chi connectivity index (χ4n) is 1.13. The van der Waals surface area contributed by atoms with Crippen molar-refractivity contribution in [3.8, 4) is 0 Å². The molecule has 0 unspecified atom stereocenters. The molecule has 1 aromatic carbocycles. The van der Waals surface area contributed by atoms with E-state index in [1.807, 2.05) is 44.4 Å². The van der Waals surface area contributed by atoms with Crippen molar-refractivity contribution in [1.29, 1.82) is 0 Å². The van der Waals surface area contributed by atoms with Crippen LogP contribution in [0.25, 0.3) is 6.08 Å². The van der Waals surface area contributed by atoms with Crippen LogP contribution >= 0.6 is 0 Å². The number of benzene rings is 1. The lowest BCUT2D eigenvalue weighted by Gasteiger charge is -2.06. The Morgan fingerprint density at radius 3 is 2.62 bits per heavy atom. The van der Waals surface area contributed by atoms with Gasteiger partial charge in [-0.1, -0.05) is 30.3 Å². The maximum atomic E-state index is 11.3. The van der Waals surface area contributed by atoms with Gasteiger partial charge in [0.05, 0.1) is 14.1 Å². The topological polar surface area (TPSA) is 30.7 Å². The Morgan fingerprint density at radius 1 is 1.31 bits per heavy atom. The lowest BCUT2D eigenvalue weighted by Crippen LogP contribution is -3.06. The third-order valence-electron chi connectivity index (χ3n) is 2.06. The molecule has 0 heterocycles. The molecule has 1 N–H and O–H groups in total. The van der Waals surface area contributed by atoms with E-state index in [1.165, 1.54) is 11.0 Å². The number of esters is 1. The summed E-state index contributed by atoms with van der Waals surface area (Å²) in [7, 11) is 4.04. The molecule has 86 valence electrons. The quantitative estimate of drug-likeness (QED) is 0.575. The summed E-state index contributed by atoms with van der Waals surface area (Å²) >= 11 is 0. The van der Waals surface area contributed by atoms with Gasteiger partial charge in [-0.15, -0.1) is 0 Å². The van der Waals surface area contributed by atoms with Crippen LogP contribution in [0, 0.1) is 0 Å². The van der Waals surface area contributed by atoms with Gasteiger partial charge in [0.25, 0.3) is 0 Å². The number of ether oxygens (including phenoxy) is 1. The average Bonchev–Trinajstić information content (AvgIpc) is 2.27. The summed E-state index contributed by atoms with van der Waals surface area (Å²) in [5, 5.41) is 0. The first-order valence-electron chi connectivity index (χ1n) is 5.37. The van der Waals surface area contributed by atoms with E-state index < -0.39 is 0 Å². The van der Waals surface area contributed by atoms with Crippen LogP contribution in [0.1, 0.15) is 5.56 Å². The summed E-state index contributed by atoms with van der Waals surface area (Å²) in [5.41, 5.74) is 0.998. The molecule has 3 heteroatoms. The first kappa shape index (κ1) is 12.5. The second-order valence-electron chi connectivity index (χ2n) is 3.87. The number of carbonyl (C=O) groups is 1. The molecule has 1 rings (SSSR count). The smallest absolute Gasteiger partial charge is 0.330 e. The fourth-order valence-corrected chi connectivity index (χ4v) is 1.13. The van der Waals surface area contributed by atoms with Crippen molar-refractivity contribution in [2.24, 2.45) is 0 Å². The standard InChI is InChI=1S/C13H17NO2/c1-14(2)10-11-16-13(15)9-8-12-6-4-3-5-7-12/h3-9H,10-11H2,1-2H3/p+1/b9-8+. The van der Waals surface area contributed by atoms with Crippen LogP contribution in [0.15, 0.2) is 36.4 Å². The Balaban J connectivity index is 2.32. The zero-order chi connectivity index (χ0) is 11.8. The van der Waals surface area contributed by atoms with Crippen LogP contribution < -0.4 is 4.90 Å². The average molecular weight is 220 g/mol. The first-order valence-corrected chi connectivity index (χ1v) is 5.37. The molecule has 0 atom stereocenters. The van der Waals surface area contributed by atoms with Crippen molar-refractivity contribution in [2.45, 2.75) is 0 Å². The van der Waals surface area contributed by atoms with Gasteiger partial charge in [-0.25, -0.2) is 4.79 Å². The molecule has 0 aromatic heterocycles. The van der Waals surface area contributed by atoms with E-state index in [-0.39, 0.29) is 5.97 Å². The van der Waals surface area contributed by atoms with Gasteiger partial charge in [0.1, 0.15) is 13.2 Å². The Morgan fingerprint density at radius 2 is 2.00 bits per heavy atom. The highest BCUT2D eigenvalue weighted by atomic mass is 16.5. The number of likely N-dealkylation sites (N-methyl/N-ethyl adjacent to an activating group) is 1. The molecule has 0 amide bonds. The van der Waals surface area contributed by atoms with E-state index in [0.29, 0.717) is 6.61 Å². The largest absolute Gasteiger partial charge is 0.457 e. The Hall–Kier alpha value is -1.61. The van der Waals surface area contributed by atoms with Crippen LogP contribution in [-0.4, -0.2) is 33.2 Å². The van der Waals surface area contributed by atoms with E-state index in [4.69, 9.17) is 4.74 Å². The highest BCUT2D eigenvalue weighted by Gasteiger charge is 1.98. The molecule has 3 nitrogen and oxygen atoms in total. The van der Waals surface area contributed by atoms with Gasteiger partial charge in [0.2, 0.25) is 0 Å². The van der Waals surface area contributed by atoms with Crippen molar-refractivity contribution in [3.63, 3.8) is 0 Å². The number of hydrogen-bond donors (Lipinski definition) is 1. The van der Waals surface area contributed by atoms with E-state index in [1.54, 1.807) is 6.08 Å². The second-order valence-corrected chi connectivity index (χ2v) is 3.87. The molecule has 0 radical (unpaired) electrons. The number of hydrogen-bond acceptors (Lipinski definition) is 2. The van der Waals surface area contributed by atoms with Crippen molar-refractivity contribution in [2.75, 3.05) is 27.2 Å². The normalized spacial score (nSPS) is 10.9. The summed E-state index contributed by atoms with van der Waals surface area (Å²) in [6, 6.07) is 9.68. The minimum Gasteiger partial charge on any atom is -0.457 e. The first-order chi connectivity index (χ1) is 7.68. The summed E-state index contributed by atoms with van der Waals surface area (Å²) in [6.07, 6.45) is 3.21. The summed E-state index contributed by atoms with van der Waals surface area (Å²) in [6.45, 7) is 1.28.